The van der Waals surface area contributed by atoms with E-state index < -0.39 is 11.9 Å². The molecule has 210 valence electrons. The Kier molecular flexibility index (Phi) is 10.6. The number of hydrogen-bond donors (Lipinski definition) is 2. The van der Waals surface area contributed by atoms with Crippen LogP contribution in [-0.2, 0) is 19.1 Å². The fraction of sp³-hybridized carbons (Fsp3) is 0.214. The summed E-state index contributed by atoms with van der Waals surface area (Å²) in [4.78, 5) is 45.5. The first kappa shape index (κ1) is 29.6. The molecular weight excluding hydrogens is 528 g/mol. The summed E-state index contributed by atoms with van der Waals surface area (Å²) < 4.78 is 31.9. The fourth-order valence-electron chi connectivity index (χ4n) is 3.72. The van der Waals surface area contributed by atoms with Crippen LogP contribution in [0.15, 0.2) is 48.5 Å². The highest BCUT2D eigenvalue weighted by molar-refractivity contribution is 5.93. The first-order valence-corrected chi connectivity index (χ1v) is 11.7. The molecular formula is C28H26O12. The van der Waals surface area contributed by atoms with Crippen LogP contribution in [0.4, 0.5) is 0 Å². The van der Waals surface area contributed by atoms with Crippen molar-refractivity contribution in [3.05, 3.63) is 59.7 Å². The lowest BCUT2D eigenvalue weighted by molar-refractivity contribution is -0.121. The van der Waals surface area contributed by atoms with Gasteiger partial charge in [-0.05, 0) is 59.7 Å². The molecule has 12 nitrogen and oxygen atoms in total. The summed E-state index contributed by atoms with van der Waals surface area (Å²) in [6, 6.07) is 11.2. The molecule has 0 atom stereocenters. The zero-order chi connectivity index (χ0) is 29.1. The van der Waals surface area contributed by atoms with Gasteiger partial charge in [0.2, 0.25) is 0 Å². The summed E-state index contributed by atoms with van der Waals surface area (Å²) in [6.07, 6.45) is 0. The molecule has 3 rings (SSSR count). The van der Waals surface area contributed by atoms with Gasteiger partial charge in [-0.1, -0.05) is 0 Å². The van der Waals surface area contributed by atoms with Gasteiger partial charge in [0.15, 0.2) is 0 Å². The average molecular weight is 555 g/mol. The van der Waals surface area contributed by atoms with Crippen LogP contribution in [0.5, 0.6) is 23.0 Å². The summed E-state index contributed by atoms with van der Waals surface area (Å²) in [5.41, 5.74) is 1.13. The third-order valence-electron chi connectivity index (χ3n) is 5.47. The van der Waals surface area contributed by atoms with E-state index in [2.05, 4.69) is 0 Å². The Bertz CT molecular complexity index is 1280. The van der Waals surface area contributed by atoms with E-state index in [0.717, 1.165) is 0 Å². The van der Waals surface area contributed by atoms with Gasteiger partial charge in [0.25, 0.3) is 12.9 Å². The number of benzene rings is 3. The standard InChI is InChI=1S/C28H26O12/c1-35-3-5-37-25-13-24(18-8-20(28(33)34)12-22(10-18)40-16-30)26(38-6-4-36-2)14-23(25)17-7-19(27(31)32)11-21(9-17)39-15-29/h7-16H,3-6H2,1-2H3,(H,31,32)(H,33,34). The van der Waals surface area contributed by atoms with Crippen molar-refractivity contribution in [2.75, 3.05) is 40.6 Å². The van der Waals surface area contributed by atoms with Crippen molar-refractivity contribution in [3.63, 3.8) is 0 Å². The van der Waals surface area contributed by atoms with Crippen LogP contribution in [0.25, 0.3) is 22.3 Å². The Morgan fingerprint density at radius 3 is 1.35 bits per heavy atom. The topological polar surface area (TPSA) is 164 Å². The van der Waals surface area contributed by atoms with Gasteiger partial charge in [0.05, 0.1) is 24.3 Å². The van der Waals surface area contributed by atoms with Crippen LogP contribution in [0.3, 0.4) is 0 Å². The van der Waals surface area contributed by atoms with Gasteiger partial charge < -0.3 is 38.6 Å². The molecule has 0 radical (unpaired) electrons. The van der Waals surface area contributed by atoms with E-state index in [1.165, 1.54) is 50.6 Å². The highest BCUT2D eigenvalue weighted by atomic mass is 16.5. The molecule has 0 amide bonds. The SMILES string of the molecule is COCCOc1cc(-c2cc(OC=O)cc(C(=O)O)c2)c(OCCOC)cc1-c1cc(OC=O)cc(C(=O)O)c1. The maximum Gasteiger partial charge on any atom is 0.335 e. The van der Waals surface area contributed by atoms with Crippen LogP contribution in [-0.4, -0.2) is 75.7 Å². The maximum absolute atomic E-state index is 11.8. The molecule has 12 heteroatoms. The van der Waals surface area contributed by atoms with Gasteiger partial charge in [-0.3, -0.25) is 9.59 Å². The summed E-state index contributed by atoms with van der Waals surface area (Å²) in [6.45, 7) is 1.02. The number of ether oxygens (including phenoxy) is 6. The first-order chi connectivity index (χ1) is 19.3. The molecule has 0 aliphatic carbocycles. The van der Waals surface area contributed by atoms with Gasteiger partial charge in [-0.15, -0.1) is 0 Å². The van der Waals surface area contributed by atoms with Crippen LogP contribution in [0.2, 0.25) is 0 Å². The quantitative estimate of drug-likeness (QED) is 0.196. The predicted molar refractivity (Wildman–Crippen MR) is 139 cm³/mol. The van der Waals surface area contributed by atoms with Crippen molar-refractivity contribution in [2.24, 2.45) is 0 Å². The van der Waals surface area contributed by atoms with Gasteiger partial charge in [-0.25, -0.2) is 9.59 Å². The number of carboxylic acid groups (broad SMARTS) is 2. The lowest BCUT2D eigenvalue weighted by atomic mass is 9.95. The number of aromatic carboxylic acids is 2. The van der Waals surface area contributed by atoms with Crippen molar-refractivity contribution in [1.82, 2.24) is 0 Å². The number of carbonyl (C=O) groups excluding carboxylic acids is 2. The Hall–Kier alpha value is -4.94. The van der Waals surface area contributed by atoms with Crippen molar-refractivity contribution in [3.8, 4) is 45.3 Å². The predicted octanol–water partition coefficient (Wildman–Crippen LogP) is 3.54. The molecule has 3 aromatic rings. The molecule has 0 aliphatic heterocycles. The molecule has 0 spiro atoms. The smallest absolute Gasteiger partial charge is 0.335 e. The van der Waals surface area contributed by atoms with Crippen LogP contribution in [0, 0.1) is 0 Å². The Morgan fingerprint density at radius 1 is 0.625 bits per heavy atom. The second kappa shape index (κ2) is 14.3. The summed E-state index contributed by atoms with van der Waals surface area (Å²) >= 11 is 0. The first-order valence-electron chi connectivity index (χ1n) is 11.7. The zero-order valence-electron chi connectivity index (χ0n) is 21.6. The van der Waals surface area contributed by atoms with Crippen molar-refractivity contribution in [2.45, 2.75) is 0 Å². The summed E-state index contributed by atoms with van der Waals surface area (Å²) in [5, 5.41) is 19.2. The molecule has 0 aromatic heterocycles. The van der Waals surface area contributed by atoms with Gasteiger partial charge in [0, 0.05) is 25.3 Å². The van der Waals surface area contributed by atoms with Gasteiger partial charge in [0.1, 0.15) is 36.2 Å². The van der Waals surface area contributed by atoms with Gasteiger partial charge >= 0.3 is 11.9 Å². The molecule has 0 unspecified atom stereocenters. The third-order valence-corrected chi connectivity index (χ3v) is 5.47. The monoisotopic (exact) mass is 554 g/mol. The lowest BCUT2D eigenvalue weighted by Crippen LogP contribution is -2.08. The minimum atomic E-state index is -1.25. The number of carboxylic acids is 2. The van der Waals surface area contributed by atoms with E-state index in [4.69, 9.17) is 28.4 Å². The number of carbonyl (C=O) groups is 4. The second-order valence-electron chi connectivity index (χ2n) is 8.06. The minimum absolute atomic E-state index is 0.0107. The maximum atomic E-state index is 11.8. The van der Waals surface area contributed by atoms with E-state index >= 15 is 0 Å². The van der Waals surface area contributed by atoms with Crippen molar-refractivity contribution in [1.29, 1.82) is 0 Å². The normalized spacial score (nSPS) is 10.4. The molecule has 0 bridgehead atoms. The lowest BCUT2D eigenvalue weighted by Gasteiger charge is -2.19. The van der Waals surface area contributed by atoms with E-state index in [-0.39, 0.29) is 73.5 Å². The number of rotatable bonds is 16. The Labute approximate surface area is 228 Å². The third kappa shape index (κ3) is 7.56. The molecule has 0 saturated carbocycles. The Morgan fingerprint density at radius 2 is 1.02 bits per heavy atom. The van der Waals surface area contributed by atoms with E-state index in [9.17, 15) is 29.4 Å². The van der Waals surface area contributed by atoms with Crippen LogP contribution < -0.4 is 18.9 Å². The van der Waals surface area contributed by atoms with Crippen molar-refractivity contribution < 1.29 is 57.8 Å². The summed E-state index contributed by atoms with van der Waals surface area (Å²) in [7, 11) is 2.99. The second-order valence-corrected chi connectivity index (χ2v) is 8.06. The average Bonchev–Trinajstić information content (AvgIpc) is 2.93. The fourth-order valence-corrected chi connectivity index (χ4v) is 3.72. The molecule has 0 aliphatic rings. The molecule has 0 saturated heterocycles. The zero-order valence-corrected chi connectivity index (χ0v) is 21.6. The largest absolute Gasteiger partial charge is 0.491 e. The molecule has 2 N–H and O–H groups in total. The highest BCUT2D eigenvalue weighted by Crippen LogP contribution is 2.43. The van der Waals surface area contributed by atoms with Crippen molar-refractivity contribution >= 4 is 24.9 Å². The van der Waals surface area contributed by atoms with E-state index in [1.54, 1.807) is 12.1 Å². The number of hydrogen-bond acceptors (Lipinski definition) is 10. The molecule has 0 fully saturated rings. The van der Waals surface area contributed by atoms with Gasteiger partial charge in [-0.2, -0.15) is 0 Å². The molecule has 40 heavy (non-hydrogen) atoms. The Balaban J connectivity index is 2.31. The number of methoxy groups -OCH3 is 2. The van der Waals surface area contributed by atoms with Crippen LogP contribution >= 0.6 is 0 Å². The highest BCUT2D eigenvalue weighted by Gasteiger charge is 2.20. The molecule has 3 aromatic carbocycles. The minimum Gasteiger partial charge on any atom is -0.491 e. The van der Waals surface area contributed by atoms with Crippen LogP contribution in [0.1, 0.15) is 20.7 Å². The van der Waals surface area contributed by atoms with E-state index in [0.29, 0.717) is 22.3 Å². The molecule has 0 heterocycles. The van der Waals surface area contributed by atoms with E-state index in [1.807, 2.05) is 0 Å². The summed E-state index contributed by atoms with van der Waals surface area (Å²) in [5.74, 6) is -2.01.